The second-order valence-electron chi connectivity index (χ2n) is 10.8. The van der Waals surface area contributed by atoms with Crippen molar-refractivity contribution in [1.82, 2.24) is 30.4 Å². The summed E-state index contributed by atoms with van der Waals surface area (Å²) in [6, 6.07) is 6.18. The Morgan fingerprint density at radius 3 is 1.37 bits per heavy atom. The lowest BCUT2D eigenvalue weighted by Crippen LogP contribution is -2.50. The normalized spacial score (nSPS) is 17.2. The summed E-state index contributed by atoms with van der Waals surface area (Å²) in [6.45, 7) is -1.86. The Kier molecular flexibility index (Phi) is 13.8. The van der Waals surface area contributed by atoms with E-state index in [1.807, 2.05) is 0 Å². The van der Waals surface area contributed by atoms with E-state index in [0.29, 0.717) is 25.7 Å². The van der Waals surface area contributed by atoms with Crippen molar-refractivity contribution >= 4 is 35.4 Å². The molecule has 1 aliphatic carbocycles. The van der Waals surface area contributed by atoms with Crippen molar-refractivity contribution in [1.29, 1.82) is 0 Å². The zero-order valence-corrected chi connectivity index (χ0v) is 25.3. The molecule has 3 rings (SSSR count). The van der Waals surface area contributed by atoms with Crippen molar-refractivity contribution in [3.63, 3.8) is 0 Å². The van der Waals surface area contributed by atoms with Crippen LogP contribution in [0.3, 0.4) is 0 Å². The van der Waals surface area contributed by atoms with E-state index in [0.717, 1.165) is 9.80 Å². The molecule has 0 bridgehead atoms. The minimum atomic E-state index is -1.33. The molecule has 16 heteroatoms. The highest BCUT2D eigenvalue weighted by atomic mass is 16.3. The first-order valence-corrected chi connectivity index (χ1v) is 14.9. The van der Waals surface area contributed by atoms with Gasteiger partial charge in [0.2, 0.25) is 23.6 Å². The molecule has 0 aliphatic heterocycles. The van der Waals surface area contributed by atoms with Crippen LogP contribution in [0.15, 0.2) is 48.8 Å². The highest BCUT2D eigenvalue weighted by Gasteiger charge is 2.31. The fourth-order valence-corrected chi connectivity index (χ4v) is 4.84. The van der Waals surface area contributed by atoms with Crippen LogP contribution < -0.4 is 22.1 Å². The summed E-state index contributed by atoms with van der Waals surface area (Å²) in [6.07, 6.45) is 4.61. The standard InChI is InChI=1S/C30H40N8O8/c31-21(17-39)27(43)37(29(45)23-5-1-3-13-33-23)15-11-25(41)35-19-7-9-20(10-8-19)36-26(42)12-16-38(28(44)22(32)18-40)30(46)24-6-2-4-14-34-24/h1-6,13-14,19-22,39-40H,7-12,15-18,31-32H2,(H,35,41)(H,36,42)/t19-,20-,21-,22-/m0/s1. The highest BCUT2D eigenvalue weighted by molar-refractivity contribution is 6.06. The average molecular weight is 641 g/mol. The Labute approximate surface area is 265 Å². The van der Waals surface area contributed by atoms with Crippen LogP contribution in [0.5, 0.6) is 0 Å². The lowest BCUT2D eigenvalue weighted by molar-refractivity contribution is -0.133. The lowest BCUT2D eigenvalue weighted by Gasteiger charge is -2.30. The third kappa shape index (κ3) is 10.2. The van der Waals surface area contributed by atoms with Gasteiger partial charge in [0.15, 0.2) is 0 Å². The maximum absolute atomic E-state index is 12.9. The number of aliphatic hydroxyl groups excluding tert-OH is 2. The van der Waals surface area contributed by atoms with Crippen LogP contribution in [0.1, 0.15) is 59.5 Å². The second-order valence-corrected chi connectivity index (χ2v) is 10.8. The summed E-state index contributed by atoms with van der Waals surface area (Å²) in [7, 11) is 0. The Morgan fingerprint density at radius 2 is 1.07 bits per heavy atom. The SMILES string of the molecule is N[C@@H](CO)C(=O)N(CCC(=O)N[C@H]1CC[C@H](NC(=O)CCN(C(=O)c2ccccn2)C(=O)[C@@H](N)CO)CC1)C(=O)c1ccccn1. The third-order valence-corrected chi connectivity index (χ3v) is 7.40. The first-order chi connectivity index (χ1) is 22.0. The van der Waals surface area contributed by atoms with Gasteiger partial charge < -0.3 is 32.3 Å². The minimum Gasteiger partial charge on any atom is -0.394 e. The van der Waals surface area contributed by atoms with E-state index in [9.17, 15) is 39.0 Å². The lowest BCUT2D eigenvalue weighted by atomic mass is 9.91. The second kappa shape index (κ2) is 17.7. The molecule has 2 aromatic rings. The average Bonchev–Trinajstić information content (AvgIpc) is 3.08. The van der Waals surface area contributed by atoms with Crippen LogP contribution >= 0.6 is 0 Å². The molecule has 2 aromatic heterocycles. The van der Waals surface area contributed by atoms with Crippen LogP contribution in [-0.2, 0) is 19.2 Å². The molecular formula is C30H40N8O8. The van der Waals surface area contributed by atoms with E-state index < -0.39 is 48.9 Å². The summed E-state index contributed by atoms with van der Waals surface area (Å²) in [4.78, 5) is 86.0. The molecule has 2 atom stereocenters. The molecule has 0 aromatic carbocycles. The molecule has 1 aliphatic rings. The summed E-state index contributed by atoms with van der Waals surface area (Å²) in [5.41, 5.74) is 11.3. The number of aliphatic hydroxyl groups is 2. The largest absolute Gasteiger partial charge is 0.394 e. The molecule has 6 amide bonds. The van der Waals surface area contributed by atoms with Gasteiger partial charge in [-0.25, -0.2) is 0 Å². The summed E-state index contributed by atoms with van der Waals surface area (Å²) in [5, 5.41) is 24.4. The zero-order chi connectivity index (χ0) is 33.6. The summed E-state index contributed by atoms with van der Waals surface area (Å²) < 4.78 is 0. The maximum atomic E-state index is 12.9. The Balaban J connectivity index is 1.47. The van der Waals surface area contributed by atoms with Crippen molar-refractivity contribution in [2.24, 2.45) is 11.5 Å². The number of rotatable bonds is 14. The van der Waals surface area contributed by atoms with Crippen molar-refractivity contribution in [3.05, 3.63) is 60.2 Å². The van der Waals surface area contributed by atoms with Crippen molar-refractivity contribution in [2.75, 3.05) is 26.3 Å². The molecule has 0 unspecified atom stereocenters. The molecular weight excluding hydrogens is 600 g/mol. The monoisotopic (exact) mass is 640 g/mol. The van der Waals surface area contributed by atoms with Gasteiger partial charge in [-0.2, -0.15) is 0 Å². The van der Waals surface area contributed by atoms with Gasteiger partial charge in [0.05, 0.1) is 13.2 Å². The number of amides is 6. The van der Waals surface area contributed by atoms with Gasteiger partial charge in [-0.1, -0.05) is 12.1 Å². The number of carbonyl (C=O) groups excluding carboxylic acids is 6. The molecule has 2 heterocycles. The first-order valence-electron chi connectivity index (χ1n) is 14.9. The molecule has 1 fully saturated rings. The molecule has 16 nitrogen and oxygen atoms in total. The molecule has 8 N–H and O–H groups in total. The molecule has 0 saturated heterocycles. The van der Waals surface area contributed by atoms with Crippen molar-refractivity contribution in [3.8, 4) is 0 Å². The van der Waals surface area contributed by atoms with Gasteiger partial charge in [-0.05, 0) is 49.9 Å². The van der Waals surface area contributed by atoms with Crippen LogP contribution in [0, 0.1) is 0 Å². The Bertz CT molecular complexity index is 1250. The summed E-state index contributed by atoms with van der Waals surface area (Å²) >= 11 is 0. The number of hydrogen-bond donors (Lipinski definition) is 6. The van der Waals surface area contributed by atoms with E-state index in [-0.39, 0.29) is 61.2 Å². The number of imide groups is 2. The van der Waals surface area contributed by atoms with E-state index in [1.54, 1.807) is 24.3 Å². The number of nitrogens with two attached hydrogens (primary N) is 2. The molecule has 1 saturated carbocycles. The van der Waals surface area contributed by atoms with Crippen LogP contribution in [-0.4, -0.2) is 116 Å². The number of carbonyl (C=O) groups is 6. The van der Waals surface area contributed by atoms with Gasteiger partial charge in [-0.3, -0.25) is 48.5 Å². The van der Waals surface area contributed by atoms with E-state index in [4.69, 9.17) is 11.5 Å². The number of hydrogen-bond acceptors (Lipinski definition) is 12. The highest BCUT2D eigenvalue weighted by Crippen LogP contribution is 2.19. The molecule has 0 spiro atoms. The number of pyridine rings is 2. The van der Waals surface area contributed by atoms with Crippen LogP contribution in [0.2, 0.25) is 0 Å². The number of nitrogens with one attached hydrogen (secondary N) is 2. The first kappa shape index (κ1) is 35.8. The van der Waals surface area contributed by atoms with Gasteiger partial charge in [0.25, 0.3) is 11.8 Å². The van der Waals surface area contributed by atoms with Crippen LogP contribution in [0.4, 0.5) is 0 Å². The van der Waals surface area contributed by atoms with Gasteiger partial charge in [0.1, 0.15) is 23.5 Å². The predicted octanol–water partition coefficient (Wildman–Crippen LogP) is -1.92. The van der Waals surface area contributed by atoms with Crippen LogP contribution in [0.25, 0.3) is 0 Å². The third-order valence-electron chi connectivity index (χ3n) is 7.40. The van der Waals surface area contributed by atoms with Crippen molar-refractivity contribution < 1.29 is 39.0 Å². The summed E-state index contributed by atoms with van der Waals surface area (Å²) in [5.74, 6) is -3.90. The number of aromatic nitrogens is 2. The fourth-order valence-electron chi connectivity index (χ4n) is 4.84. The van der Waals surface area contributed by atoms with E-state index in [1.165, 1.54) is 24.5 Å². The van der Waals surface area contributed by atoms with Gasteiger partial charge >= 0.3 is 0 Å². The number of nitrogens with zero attached hydrogens (tertiary/aromatic N) is 4. The topological polar surface area (TPSA) is 251 Å². The van der Waals surface area contributed by atoms with Gasteiger partial charge in [0, 0.05) is 50.4 Å². The van der Waals surface area contributed by atoms with E-state index in [2.05, 4.69) is 20.6 Å². The Morgan fingerprint density at radius 1 is 0.696 bits per heavy atom. The minimum absolute atomic E-state index is 0.00499. The van der Waals surface area contributed by atoms with E-state index >= 15 is 0 Å². The predicted molar refractivity (Wildman–Crippen MR) is 162 cm³/mol. The molecule has 0 radical (unpaired) electrons. The maximum Gasteiger partial charge on any atom is 0.279 e. The quantitative estimate of drug-likeness (QED) is 0.132. The molecule has 46 heavy (non-hydrogen) atoms. The fraction of sp³-hybridized carbons (Fsp3) is 0.467. The Hall–Kier alpha value is -4.64. The molecule has 248 valence electrons. The zero-order valence-electron chi connectivity index (χ0n) is 25.3. The smallest absolute Gasteiger partial charge is 0.279 e. The van der Waals surface area contributed by atoms with Gasteiger partial charge in [-0.15, -0.1) is 0 Å². The van der Waals surface area contributed by atoms with Crippen molar-refractivity contribution in [2.45, 2.75) is 62.7 Å².